The number of amides is 1. The van der Waals surface area contributed by atoms with Crippen LogP contribution in [0, 0.1) is 12.7 Å². The molecule has 23 heavy (non-hydrogen) atoms. The molecule has 0 saturated carbocycles. The lowest BCUT2D eigenvalue weighted by Gasteiger charge is -2.26. The molecule has 120 valence electrons. The van der Waals surface area contributed by atoms with Crippen LogP contribution in [0.15, 0.2) is 30.5 Å². The molecule has 1 N–H and O–H groups in total. The Morgan fingerprint density at radius 1 is 1.22 bits per heavy atom. The molecule has 0 spiro atoms. The highest BCUT2D eigenvalue weighted by atomic mass is 19.1. The summed E-state index contributed by atoms with van der Waals surface area (Å²) in [6, 6.07) is 6.07. The van der Waals surface area contributed by atoms with Crippen LogP contribution >= 0.6 is 0 Å². The molecule has 0 aliphatic carbocycles. The number of aryl methyl sites for hydroxylation is 1. The van der Waals surface area contributed by atoms with Gasteiger partial charge in [0.15, 0.2) is 0 Å². The van der Waals surface area contributed by atoms with E-state index in [9.17, 15) is 9.18 Å². The number of carbonyl (C=O) groups is 1. The normalized spacial score (nSPS) is 14.6. The number of para-hydroxylation sites is 1. The summed E-state index contributed by atoms with van der Waals surface area (Å²) < 4.78 is 13.6. The zero-order valence-electron chi connectivity index (χ0n) is 13.1. The van der Waals surface area contributed by atoms with Crippen LogP contribution in [-0.4, -0.2) is 29.0 Å². The lowest BCUT2D eigenvalue weighted by molar-refractivity contribution is 0.102. The third-order valence-electron chi connectivity index (χ3n) is 3.97. The quantitative estimate of drug-likeness (QED) is 0.945. The molecule has 1 aliphatic rings. The number of nitrogens with zero attached hydrogens (tertiary/aromatic N) is 3. The SMILES string of the molecule is Cc1nc(N2CCCCC2)ncc1C(=O)Nc1ccccc1F. The number of aromatic nitrogens is 2. The van der Waals surface area contributed by atoms with E-state index in [1.807, 2.05) is 0 Å². The zero-order chi connectivity index (χ0) is 16.2. The second-order valence-corrected chi connectivity index (χ2v) is 5.65. The number of benzene rings is 1. The zero-order valence-corrected chi connectivity index (χ0v) is 13.1. The van der Waals surface area contributed by atoms with E-state index in [2.05, 4.69) is 20.2 Å². The molecule has 5 nitrogen and oxygen atoms in total. The number of rotatable bonds is 3. The van der Waals surface area contributed by atoms with Crippen molar-refractivity contribution in [3.8, 4) is 0 Å². The Bertz CT molecular complexity index is 713. The van der Waals surface area contributed by atoms with Crippen LogP contribution in [-0.2, 0) is 0 Å². The second kappa shape index (κ2) is 6.73. The molecule has 6 heteroatoms. The molecule has 1 amide bonds. The predicted molar refractivity (Wildman–Crippen MR) is 87.2 cm³/mol. The average molecular weight is 314 g/mol. The standard InChI is InChI=1S/C17H19FN4O/c1-12-13(16(23)21-15-8-4-3-7-14(15)18)11-19-17(20-12)22-9-5-2-6-10-22/h3-4,7-8,11H,2,5-6,9-10H2,1H3,(H,21,23). The van der Waals surface area contributed by atoms with Gasteiger partial charge in [0.1, 0.15) is 5.82 Å². The van der Waals surface area contributed by atoms with Gasteiger partial charge in [-0.1, -0.05) is 12.1 Å². The van der Waals surface area contributed by atoms with E-state index in [-0.39, 0.29) is 5.69 Å². The molecule has 0 radical (unpaired) electrons. The maximum Gasteiger partial charge on any atom is 0.259 e. The summed E-state index contributed by atoms with van der Waals surface area (Å²) in [6.07, 6.45) is 5.02. The molecule has 0 bridgehead atoms. The van der Waals surface area contributed by atoms with Crippen molar-refractivity contribution in [3.63, 3.8) is 0 Å². The Morgan fingerprint density at radius 3 is 2.65 bits per heavy atom. The van der Waals surface area contributed by atoms with Crippen LogP contribution < -0.4 is 10.2 Å². The van der Waals surface area contributed by atoms with E-state index in [4.69, 9.17) is 0 Å². The van der Waals surface area contributed by atoms with Crippen molar-refractivity contribution in [2.24, 2.45) is 0 Å². The minimum absolute atomic E-state index is 0.150. The minimum Gasteiger partial charge on any atom is -0.341 e. The first-order valence-corrected chi connectivity index (χ1v) is 7.79. The van der Waals surface area contributed by atoms with Gasteiger partial charge < -0.3 is 10.2 Å². The molecule has 1 aromatic carbocycles. The highest BCUT2D eigenvalue weighted by Gasteiger charge is 2.17. The van der Waals surface area contributed by atoms with E-state index in [0.29, 0.717) is 17.2 Å². The van der Waals surface area contributed by atoms with E-state index >= 15 is 0 Å². The van der Waals surface area contributed by atoms with Crippen LogP contribution in [0.2, 0.25) is 0 Å². The number of halogens is 1. The number of hydrogen-bond acceptors (Lipinski definition) is 4. The van der Waals surface area contributed by atoms with Crippen LogP contribution in [0.4, 0.5) is 16.0 Å². The molecule has 1 fully saturated rings. The largest absolute Gasteiger partial charge is 0.341 e. The van der Waals surface area contributed by atoms with Crippen LogP contribution in [0.3, 0.4) is 0 Å². The van der Waals surface area contributed by atoms with Gasteiger partial charge in [-0.2, -0.15) is 0 Å². The van der Waals surface area contributed by atoms with Crippen LogP contribution in [0.25, 0.3) is 0 Å². The third kappa shape index (κ3) is 3.47. The van der Waals surface area contributed by atoms with Gasteiger partial charge >= 0.3 is 0 Å². The first kappa shape index (κ1) is 15.4. The highest BCUT2D eigenvalue weighted by molar-refractivity contribution is 6.04. The fraction of sp³-hybridized carbons (Fsp3) is 0.353. The monoisotopic (exact) mass is 314 g/mol. The van der Waals surface area contributed by atoms with Crippen molar-refractivity contribution in [2.75, 3.05) is 23.3 Å². The molecule has 1 aliphatic heterocycles. The van der Waals surface area contributed by atoms with Crippen molar-refractivity contribution in [2.45, 2.75) is 26.2 Å². The van der Waals surface area contributed by atoms with Gasteiger partial charge in [0, 0.05) is 19.3 Å². The number of carbonyl (C=O) groups excluding carboxylic acids is 1. The molecule has 1 saturated heterocycles. The molecular formula is C17H19FN4O. The second-order valence-electron chi connectivity index (χ2n) is 5.65. The fourth-order valence-corrected chi connectivity index (χ4v) is 2.68. The summed E-state index contributed by atoms with van der Waals surface area (Å²) in [5.41, 5.74) is 1.10. The molecule has 2 heterocycles. The number of nitrogens with one attached hydrogen (secondary N) is 1. The van der Waals surface area contributed by atoms with Crippen molar-refractivity contribution < 1.29 is 9.18 Å². The molecule has 3 rings (SSSR count). The van der Waals surface area contributed by atoms with Crippen molar-refractivity contribution >= 4 is 17.5 Å². The van der Waals surface area contributed by atoms with E-state index in [0.717, 1.165) is 25.9 Å². The maximum absolute atomic E-state index is 13.6. The van der Waals surface area contributed by atoms with Gasteiger partial charge in [-0.05, 0) is 38.3 Å². The Hall–Kier alpha value is -2.50. The summed E-state index contributed by atoms with van der Waals surface area (Å²) in [4.78, 5) is 23.2. The molecule has 1 aromatic heterocycles. The Morgan fingerprint density at radius 2 is 1.96 bits per heavy atom. The van der Waals surface area contributed by atoms with E-state index in [1.165, 1.54) is 24.8 Å². The van der Waals surface area contributed by atoms with Gasteiger partial charge in [-0.15, -0.1) is 0 Å². The molecule has 0 unspecified atom stereocenters. The summed E-state index contributed by atoms with van der Waals surface area (Å²) in [5.74, 6) is -0.216. The van der Waals surface area contributed by atoms with Crippen molar-refractivity contribution in [3.05, 3.63) is 47.5 Å². The first-order chi connectivity index (χ1) is 11.1. The van der Waals surface area contributed by atoms with Gasteiger partial charge in [0.05, 0.1) is 16.9 Å². The smallest absolute Gasteiger partial charge is 0.259 e. The van der Waals surface area contributed by atoms with E-state index in [1.54, 1.807) is 19.1 Å². The number of hydrogen-bond donors (Lipinski definition) is 1. The Kier molecular flexibility index (Phi) is 4.50. The third-order valence-corrected chi connectivity index (χ3v) is 3.97. The lowest BCUT2D eigenvalue weighted by atomic mass is 10.1. The maximum atomic E-state index is 13.6. The van der Waals surface area contributed by atoms with Crippen LogP contribution in [0.1, 0.15) is 35.3 Å². The summed E-state index contributed by atoms with van der Waals surface area (Å²) in [5, 5.41) is 2.56. The van der Waals surface area contributed by atoms with Gasteiger partial charge in [0.2, 0.25) is 5.95 Å². The number of anilines is 2. The topological polar surface area (TPSA) is 58.1 Å². The Balaban J connectivity index is 1.77. The van der Waals surface area contributed by atoms with Crippen molar-refractivity contribution in [1.82, 2.24) is 9.97 Å². The minimum atomic E-state index is -0.468. The fourth-order valence-electron chi connectivity index (χ4n) is 2.68. The van der Waals surface area contributed by atoms with E-state index < -0.39 is 11.7 Å². The van der Waals surface area contributed by atoms with Gasteiger partial charge in [-0.25, -0.2) is 14.4 Å². The summed E-state index contributed by atoms with van der Waals surface area (Å²) in [6.45, 7) is 3.66. The van der Waals surface area contributed by atoms with Gasteiger partial charge in [-0.3, -0.25) is 4.79 Å². The number of piperidine rings is 1. The first-order valence-electron chi connectivity index (χ1n) is 7.79. The lowest BCUT2D eigenvalue weighted by Crippen LogP contribution is -2.31. The Labute approximate surface area is 134 Å². The average Bonchev–Trinajstić information content (AvgIpc) is 2.57. The predicted octanol–water partition coefficient (Wildman–Crippen LogP) is 3.17. The van der Waals surface area contributed by atoms with Crippen LogP contribution in [0.5, 0.6) is 0 Å². The summed E-state index contributed by atoms with van der Waals surface area (Å²) in [7, 11) is 0. The molecule has 0 atom stereocenters. The van der Waals surface area contributed by atoms with Gasteiger partial charge in [0.25, 0.3) is 5.91 Å². The summed E-state index contributed by atoms with van der Waals surface area (Å²) >= 11 is 0. The highest BCUT2D eigenvalue weighted by Crippen LogP contribution is 2.18. The molecular weight excluding hydrogens is 295 g/mol. The van der Waals surface area contributed by atoms with Crippen molar-refractivity contribution in [1.29, 1.82) is 0 Å². The molecule has 2 aromatic rings.